The summed E-state index contributed by atoms with van der Waals surface area (Å²) in [6.07, 6.45) is -0.998. The van der Waals surface area contributed by atoms with E-state index in [1.165, 1.54) is 0 Å². The number of rotatable bonds is 5. The number of benzene rings is 1. The second-order valence-electron chi connectivity index (χ2n) is 4.68. The molecule has 1 fully saturated rings. The highest BCUT2D eigenvalue weighted by molar-refractivity contribution is 5.83. The quantitative estimate of drug-likeness (QED) is 0.728. The Morgan fingerprint density at radius 1 is 1.25 bits per heavy atom. The Morgan fingerprint density at radius 2 is 1.90 bits per heavy atom. The van der Waals surface area contributed by atoms with E-state index in [-0.39, 0.29) is 6.61 Å². The van der Waals surface area contributed by atoms with Gasteiger partial charge in [0.1, 0.15) is 6.10 Å². The average molecular weight is 279 g/mol. The normalized spacial score (nSPS) is 23.2. The fraction of sp³-hybridized carbons (Fsp3) is 0.429. The van der Waals surface area contributed by atoms with Gasteiger partial charge in [-0.25, -0.2) is 4.79 Å². The predicted molar refractivity (Wildman–Crippen MR) is 69.9 cm³/mol. The summed E-state index contributed by atoms with van der Waals surface area (Å²) >= 11 is 0. The van der Waals surface area contributed by atoms with Gasteiger partial charge < -0.3 is 20.3 Å². The van der Waals surface area contributed by atoms with E-state index in [0.29, 0.717) is 12.8 Å². The third-order valence-electron chi connectivity index (χ3n) is 3.29. The minimum absolute atomic E-state index is 0.231. The van der Waals surface area contributed by atoms with E-state index < -0.39 is 30.1 Å². The van der Waals surface area contributed by atoms with E-state index >= 15 is 0 Å². The van der Waals surface area contributed by atoms with Crippen LogP contribution in [0, 0.1) is 0 Å². The molecule has 0 saturated carbocycles. The van der Waals surface area contributed by atoms with Crippen LogP contribution >= 0.6 is 0 Å². The maximum atomic E-state index is 12.0. The monoisotopic (exact) mass is 279 g/mol. The van der Waals surface area contributed by atoms with Crippen molar-refractivity contribution in [1.82, 2.24) is 5.32 Å². The number of carbonyl (C=O) groups is 2. The topological polar surface area (TPSA) is 95.9 Å². The molecule has 1 heterocycles. The molecule has 0 aliphatic carbocycles. The third kappa shape index (κ3) is 3.34. The number of hydrogen-bond donors (Lipinski definition) is 3. The Labute approximate surface area is 116 Å². The molecule has 1 amide bonds. The van der Waals surface area contributed by atoms with Crippen LogP contribution in [0.5, 0.6) is 0 Å². The summed E-state index contributed by atoms with van der Waals surface area (Å²) in [5, 5.41) is 20.9. The number of ether oxygens (including phenoxy) is 1. The minimum Gasteiger partial charge on any atom is -0.479 e. The van der Waals surface area contributed by atoms with E-state index in [0.717, 1.165) is 5.56 Å². The van der Waals surface area contributed by atoms with Gasteiger partial charge in [0.15, 0.2) is 6.10 Å². The van der Waals surface area contributed by atoms with Crippen molar-refractivity contribution in [1.29, 1.82) is 0 Å². The lowest BCUT2D eigenvalue weighted by molar-refractivity contribution is -0.152. The Kier molecular flexibility index (Phi) is 4.70. The molecule has 1 aromatic carbocycles. The van der Waals surface area contributed by atoms with Crippen molar-refractivity contribution >= 4 is 11.9 Å². The number of hydrogen-bond acceptors (Lipinski definition) is 4. The van der Waals surface area contributed by atoms with Crippen molar-refractivity contribution < 1.29 is 24.5 Å². The van der Waals surface area contributed by atoms with Crippen LogP contribution in [0.25, 0.3) is 0 Å². The average Bonchev–Trinajstić information content (AvgIpc) is 2.95. The van der Waals surface area contributed by atoms with Crippen molar-refractivity contribution in [3.63, 3.8) is 0 Å². The highest BCUT2D eigenvalue weighted by Gasteiger charge is 2.35. The molecule has 2 rings (SSSR count). The van der Waals surface area contributed by atoms with E-state index in [4.69, 9.17) is 9.84 Å². The Hall–Kier alpha value is -1.92. The highest BCUT2D eigenvalue weighted by Crippen LogP contribution is 2.21. The van der Waals surface area contributed by atoms with Gasteiger partial charge in [0.2, 0.25) is 5.91 Å². The molecule has 0 radical (unpaired) electrons. The molecule has 1 aliphatic heterocycles. The molecule has 1 aromatic rings. The van der Waals surface area contributed by atoms with Gasteiger partial charge in [0, 0.05) is 0 Å². The molecule has 6 heteroatoms. The molecule has 2 unspecified atom stereocenters. The lowest BCUT2D eigenvalue weighted by atomic mass is 10.1. The molecule has 20 heavy (non-hydrogen) atoms. The minimum atomic E-state index is -1.05. The third-order valence-corrected chi connectivity index (χ3v) is 3.29. The Bertz CT molecular complexity index is 476. The van der Waals surface area contributed by atoms with E-state index in [2.05, 4.69) is 5.32 Å². The smallest absolute Gasteiger partial charge is 0.332 e. The molecule has 1 saturated heterocycles. The molecule has 108 valence electrons. The summed E-state index contributed by atoms with van der Waals surface area (Å²) in [5.74, 6) is -1.45. The van der Waals surface area contributed by atoms with Gasteiger partial charge in [-0.15, -0.1) is 0 Å². The van der Waals surface area contributed by atoms with Crippen molar-refractivity contribution in [2.24, 2.45) is 0 Å². The van der Waals surface area contributed by atoms with Crippen LogP contribution in [0.4, 0.5) is 0 Å². The van der Waals surface area contributed by atoms with Crippen LogP contribution in [-0.2, 0) is 14.3 Å². The van der Waals surface area contributed by atoms with E-state index in [1.807, 2.05) is 18.2 Å². The summed E-state index contributed by atoms with van der Waals surface area (Å²) < 4.78 is 5.17. The van der Waals surface area contributed by atoms with E-state index in [1.54, 1.807) is 12.1 Å². The number of aliphatic hydroxyl groups is 1. The van der Waals surface area contributed by atoms with Gasteiger partial charge in [-0.05, 0) is 18.4 Å². The number of amides is 1. The fourth-order valence-electron chi connectivity index (χ4n) is 2.20. The molecule has 0 spiro atoms. The first-order chi connectivity index (χ1) is 9.61. The molecular formula is C14H17NO5. The van der Waals surface area contributed by atoms with Crippen LogP contribution in [0.15, 0.2) is 30.3 Å². The SMILES string of the molecule is O=C(O)C1CCC(C(=O)N[C@H](CO)c2ccccc2)O1. The molecular weight excluding hydrogens is 262 g/mol. The summed E-state index contributed by atoms with van der Waals surface area (Å²) in [4.78, 5) is 22.8. The maximum Gasteiger partial charge on any atom is 0.332 e. The lowest BCUT2D eigenvalue weighted by Crippen LogP contribution is -2.39. The molecule has 6 nitrogen and oxygen atoms in total. The largest absolute Gasteiger partial charge is 0.479 e. The van der Waals surface area contributed by atoms with Gasteiger partial charge >= 0.3 is 5.97 Å². The van der Waals surface area contributed by atoms with Gasteiger partial charge in [0.05, 0.1) is 12.6 Å². The summed E-state index contributed by atoms with van der Waals surface area (Å²) in [7, 11) is 0. The lowest BCUT2D eigenvalue weighted by Gasteiger charge is -2.19. The molecule has 0 aromatic heterocycles. The van der Waals surface area contributed by atoms with Gasteiger partial charge in [-0.2, -0.15) is 0 Å². The number of aliphatic hydroxyl groups excluding tert-OH is 1. The molecule has 1 aliphatic rings. The number of aliphatic carboxylic acids is 1. The van der Waals surface area contributed by atoms with Crippen LogP contribution in [0.3, 0.4) is 0 Å². The molecule has 3 atom stereocenters. The van der Waals surface area contributed by atoms with Crippen LogP contribution < -0.4 is 5.32 Å². The van der Waals surface area contributed by atoms with Gasteiger partial charge in [0.25, 0.3) is 0 Å². The summed E-state index contributed by atoms with van der Waals surface area (Å²) in [6.45, 7) is -0.231. The standard InChI is InChI=1S/C14H17NO5/c16-8-10(9-4-2-1-3-5-9)15-13(17)11-6-7-12(20-11)14(18)19/h1-5,10-12,16H,6-8H2,(H,15,17)(H,18,19)/t10-,11?,12?/m1/s1. The number of nitrogens with one attached hydrogen (secondary N) is 1. The van der Waals surface area contributed by atoms with Crippen LogP contribution in [0.2, 0.25) is 0 Å². The number of carboxylic acid groups (broad SMARTS) is 1. The first kappa shape index (κ1) is 14.5. The summed E-state index contributed by atoms with van der Waals surface area (Å²) in [6, 6.07) is 8.56. The zero-order valence-electron chi connectivity index (χ0n) is 10.9. The van der Waals surface area contributed by atoms with Crippen molar-refractivity contribution in [3.8, 4) is 0 Å². The molecule has 0 bridgehead atoms. The highest BCUT2D eigenvalue weighted by atomic mass is 16.5. The first-order valence-corrected chi connectivity index (χ1v) is 6.46. The zero-order valence-corrected chi connectivity index (χ0v) is 10.9. The van der Waals surface area contributed by atoms with Gasteiger partial charge in [-0.3, -0.25) is 4.79 Å². The van der Waals surface area contributed by atoms with E-state index in [9.17, 15) is 14.7 Å². The van der Waals surface area contributed by atoms with Crippen molar-refractivity contribution in [2.45, 2.75) is 31.1 Å². The summed E-state index contributed by atoms with van der Waals surface area (Å²) in [5.41, 5.74) is 0.788. The first-order valence-electron chi connectivity index (χ1n) is 6.46. The van der Waals surface area contributed by atoms with Crippen molar-refractivity contribution in [2.75, 3.05) is 6.61 Å². The van der Waals surface area contributed by atoms with Crippen molar-refractivity contribution in [3.05, 3.63) is 35.9 Å². The van der Waals surface area contributed by atoms with Gasteiger partial charge in [-0.1, -0.05) is 30.3 Å². The second-order valence-corrected chi connectivity index (χ2v) is 4.68. The Balaban J connectivity index is 1.95. The fourth-order valence-corrected chi connectivity index (χ4v) is 2.20. The maximum absolute atomic E-state index is 12.0. The van der Waals surface area contributed by atoms with Crippen LogP contribution in [-0.4, -0.2) is 40.9 Å². The van der Waals surface area contributed by atoms with Crippen LogP contribution in [0.1, 0.15) is 24.4 Å². The number of carbonyl (C=O) groups excluding carboxylic acids is 1. The molecule has 3 N–H and O–H groups in total. The second kappa shape index (κ2) is 6.49. The number of carboxylic acids is 1. The Morgan fingerprint density at radius 3 is 2.45 bits per heavy atom. The zero-order chi connectivity index (χ0) is 14.5. The predicted octanol–water partition coefficient (Wildman–Crippen LogP) is 0.468.